The van der Waals surface area contributed by atoms with Gasteiger partial charge in [0.2, 0.25) is 5.69 Å². The number of allylic oxidation sites excluding steroid dienone is 9. The molecule has 13 aromatic rings. The highest BCUT2D eigenvalue weighted by atomic mass is 15.2. The molecule has 0 radical (unpaired) electrons. The number of hydrogen-bond acceptors (Lipinski definition) is 2. The minimum atomic E-state index is -0.527. The molecule has 13 aromatic carbocycles. The Hall–Kier alpha value is -11.1. The summed E-state index contributed by atoms with van der Waals surface area (Å²) in [5.74, 6) is -0.135. The average Bonchev–Trinajstić information content (AvgIpc) is 1.63. The number of anilines is 2. The molecule has 16 rings (SSSR count). The van der Waals surface area contributed by atoms with Gasteiger partial charge in [-0.15, -0.1) is 0 Å². The van der Waals surface area contributed by atoms with E-state index in [1.165, 1.54) is 144 Å². The minimum absolute atomic E-state index is 0.135. The predicted octanol–water partition coefficient (Wildman–Crippen LogP) is 24.0. The molecule has 3 aliphatic rings. The van der Waals surface area contributed by atoms with Crippen LogP contribution < -0.4 is 9.80 Å². The number of aryl methyl sites for hydroxylation is 1. The van der Waals surface area contributed by atoms with Gasteiger partial charge in [-0.25, -0.2) is 0 Å². The molecule has 3 aliphatic heterocycles. The van der Waals surface area contributed by atoms with E-state index in [2.05, 4.69) is 391 Å². The number of benzene rings is 13. The maximum atomic E-state index is 5.15. The molecule has 0 fully saturated rings. The van der Waals surface area contributed by atoms with Gasteiger partial charge in [0.1, 0.15) is 7.05 Å². The summed E-state index contributed by atoms with van der Waals surface area (Å²) in [4.78, 5) is 5.13. The van der Waals surface area contributed by atoms with E-state index >= 15 is 0 Å². The van der Waals surface area contributed by atoms with Gasteiger partial charge in [-0.2, -0.15) is 4.58 Å². The maximum absolute atomic E-state index is 5.15. The second-order valence-corrected chi connectivity index (χ2v) is 30.1. The summed E-state index contributed by atoms with van der Waals surface area (Å²) in [5, 5.41) is 10.3. The monoisotopic (exact) mass is 1330 g/mol. The lowest BCUT2D eigenvalue weighted by Gasteiger charge is -2.36. The summed E-state index contributed by atoms with van der Waals surface area (Å²) >= 11 is 0. The van der Waals surface area contributed by atoms with E-state index in [0.717, 1.165) is 44.3 Å². The summed E-state index contributed by atoms with van der Waals surface area (Å²) < 4.78 is 2.54. The zero-order chi connectivity index (χ0) is 70.6. The van der Waals surface area contributed by atoms with E-state index in [9.17, 15) is 0 Å². The van der Waals surface area contributed by atoms with Gasteiger partial charge in [-0.3, -0.25) is 0 Å². The van der Waals surface area contributed by atoms with E-state index in [0.29, 0.717) is 0 Å². The lowest BCUT2D eigenvalue weighted by atomic mass is 9.67. The Morgan fingerprint density at radius 3 is 1.36 bits per heavy atom. The molecule has 3 heteroatoms. The molecular formula is C100H92N3+. The minimum Gasteiger partial charge on any atom is -0.344 e. The van der Waals surface area contributed by atoms with Gasteiger partial charge >= 0.3 is 0 Å². The molecule has 0 aliphatic carbocycles. The van der Waals surface area contributed by atoms with Crippen molar-refractivity contribution in [3.05, 3.63) is 412 Å². The SMILES string of the molecule is C=C(/C=C/C=C1/N(CC)c2ccc3ccccc3c2C1(C)Cc1ccccc1)C(C)(Cc1ccccc1)c1c(C)cc(C(c2ccccc2)c2cc3c(c4ccccc24)C(C)(Cc2ccccc2)C(/C=C/C=C2/N(CC)c4ccc5ccccc5c4C2(C)Cc2ccccc2)=[N+]3C)c2ccccc12. The van der Waals surface area contributed by atoms with Gasteiger partial charge in [0.25, 0.3) is 0 Å². The molecule has 0 saturated carbocycles. The fourth-order valence-corrected chi connectivity index (χ4v) is 19.1. The van der Waals surface area contributed by atoms with Crippen molar-refractivity contribution in [2.45, 2.75) is 102 Å². The van der Waals surface area contributed by atoms with Crippen LogP contribution in [-0.4, -0.2) is 30.4 Å². The van der Waals surface area contributed by atoms with Crippen molar-refractivity contribution < 1.29 is 4.58 Å². The van der Waals surface area contributed by atoms with Crippen molar-refractivity contribution >= 4 is 65.9 Å². The van der Waals surface area contributed by atoms with Gasteiger partial charge in [-0.05, 0) is 201 Å². The Balaban J connectivity index is 0.842. The maximum Gasteiger partial charge on any atom is 0.210 e. The molecule has 3 nitrogen and oxygen atoms in total. The van der Waals surface area contributed by atoms with Crippen LogP contribution in [0.5, 0.6) is 0 Å². The third-order valence-corrected chi connectivity index (χ3v) is 23.7. The molecule has 5 unspecified atom stereocenters. The van der Waals surface area contributed by atoms with Gasteiger partial charge in [0.15, 0.2) is 5.71 Å². The van der Waals surface area contributed by atoms with Crippen molar-refractivity contribution in [2.75, 3.05) is 29.9 Å². The number of likely N-dealkylation sites (N-methyl/N-ethyl adjacent to an activating group) is 2. The van der Waals surface area contributed by atoms with Crippen molar-refractivity contribution in [1.82, 2.24) is 0 Å². The zero-order valence-electron chi connectivity index (χ0n) is 61.0. The molecule has 0 amide bonds. The van der Waals surface area contributed by atoms with Gasteiger partial charge in [0, 0.05) is 75.7 Å². The zero-order valence-corrected chi connectivity index (χ0v) is 61.0. The predicted molar refractivity (Wildman–Crippen MR) is 438 cm³/mol. The van der Waals surface area contributed by atoms with Gasteiger partial charge < -0.3 is 9.80 Å². The molecular weight excluding hydrogens is 1240 g/mol. The lowest BCUT2D eigenvalue weighted by Crippen LogP contribution is -2.33. The van der Waals surface area contributed by atoms with Crippen LogP contribution in [0.15, 0.2) is 345 Å². The first-order chi connectivity index (χ1) is 50.2. The molecule has 0 saturated heterocycles. The van der Waals surface area contributed by atoms with Gasteiger partial charge in [0.05, 0.1) is 5.41 Å². The van der Waals surface area contributed by atoms with Crippen LogP contribution in [0.1, 0.15) is 114 Å². The Kier molecular flexibility index (Phi) is 17.4. The summed E-state index contributed by atoms with van der Waals surface area (Å²) in [5.41, 5.74) is 23.1. The molecule has 506 valence electrons. The van der Waals surface area contributed by atoms with Crippen LogP contribution in [0.25, 0.3) is 43.1 Å². The van der Waals surface area contributed by atoms with E-state index in [1.54, 1.807) is 0 Å². The van der Waals surface area contributed by atoms with E-state index in [-0.39, 0.29) is 16.7 Å². The van der Waals surface area contributed by atoms with Crippen molar-refractivity contribution in [3.63, 3.8) is 0 Å². The van der Waals surface area contributed by atoms with E-state index in [1.807, 2.05) is 0 Å². The summed E-state index contributed by atoms with van der Waals surface area (Å²) in [6.45, 7) is 23.7. The number of fused-ring (bicyclic) bond motifs is 10. The second-order valence-electron chi connectivity index (χ2n) is 30.1. The quantitative estimate of drug-likeness (QED) is 0.0453. The van der Waals surface area contributed by atoms with E-state index < -0.39 is 10.8 Å². The van der Waals surface area contributed by atoms with Crippen LogP contribution in [0.3, 0.4) is 0 Å². The first-order valence-corrected chi connectivity index (χ1v) is 37.2. The lowest BCUT2D eigenvalue weighted by molar-refractivity contribution is -0.401. The molecule has 103 heavy (non-hydrogen) atoms. The average molecular weight is 1340 g/mol. The first-order valence-electron chi connectivity index (χ1n) is 37.2. The highest BCUT2D eigenvalue weighted by Gasteiger charge is 2.50. The Bertz CT molecular complexity index is 5580. The van der Waals surface area contributed by atoms with E-state index in [4.69, 9.17) is 6.58 Å². The fraction of sp³-hybridized carbons (Fsp3) is 0.190. The molecule has 0 spiro atoms. The topological polar surface area (TPSA) is 9.49 Å². The fourth-order valence-electron chi connectivity index (χ4n) is 19.1. The van der Waals surface area contributed by atoms with Crippen LogP contribution >= 0.6 is 0 Å². The molecule has 0 aromatic heterocycles. The standard InChI is InChI=1S/C100H92N3/c1-10-102-86-61-59-75-46-27-29-50-78(75)94(86)99(7,67-73-42-21-14-22-43-73)90(102)57-35-37-70(4)97(5,65-71-38-17-12-18-39-71)93-69(3)63-84(80-52-31-33-54-82(80)93)92(77-48-25-16-26-49-77)85-64-88-96(83-55-34-32-53-81(83)85)98(6,66-72-40-19-13-20-41-72)89(101(88)9)56-36-58-91-100(8,68-74-44-23-15-24-45-74)95-79-51-30-28-47-76(79)60-62-87(95)103(91)11-2/h12-64,92H,4,10-11,65-68H2,1-3,5-9H3/q+1/b37-35+,90-57+. The third kappa shape index (κ3) is 11.4. The molecule has 3 heterocycles. The van der Waals surface area contributed by atoms with Crippen LogP contribution in [0, 0.1) is 6.92 Å². The smallest absolute Gasteiger partial charge is 0.210 e. The highest BCUT2D eigenvalue weighted by molar-refractivity contribution is 6.09. The van der Waals surface area contributed by atoms with Crippen molar-refractivity contribution in [2.24, 2.45) is 0 Å². The van der Waals surface area contributed by atoms with Gasteiger partial charge in [-0.1, -0.05) is 299 Å². The summed E-state index contributed by atoms with van der Waals surface area (Å²) in [6.07, 6.45) is 17.7. The van der Waals surface area contributed by atoms with Crippen molar-refractivity contribution in [1.29, 1.82) is 0 Å². The van der Waals surface area contributed by atoms with Crippen LogP contribution in [-0.2, 0) is 47.3 Å². The number of rotatable bonds is 19. The highest BCUT2D eigenvalue weighted by Crippen LogP contribution is 2.56. The Labute approximate surface area is 610 Å². The van der Waals surface area contributed by atoms with Crippen LogP contribution in [0.2, 0.25) is 0 Å². The number of nitrogens with zero attached hydrogens (tertiary/aromatic N) is 3. The Morgan fingerprint density at radius 1 is 0.447 bits per heavy atom. The molecule has 5 atom stereocenters. The summed E-state index contributed by atoms with van der Waals surface area (Å²) in [6, 6.07) is 107. The van der Waals surface area contributed by atoms with Crippen molar-refractivity contribution in [3.8, 4) is 0 Å². The number of hydrogen-bond donors (Lipinski definition) is 0. The normalized spacial score (nSPS) is 19.6. The largest absolute Gasteiger partial charge is 0.344 e. The Morgan fingerprint density at radius 2 is 0.854 bits per heavy atom. The summed E-state index contributed by atoms with van der Waals surface area (Å²) in [7, 11) is 2.32. The first kappa shape index (κ1) is 66.4. The van der Waals surface area contributed by atoms with Crippen LogP contribution in [0.4, 0.5) is 17.1 Å². The second kappa shape index (κ2) is 27.0. The molecule has 0 N–H and O–H groups in total. The third-order valence-electron chi connectivity index (χ3n) is 23.7. The molecule has 0 bridgehead atoms.